The van der Waals surface area contributed by atoms with Gasteiger partial charge in [-0.2, -0.15) is 0 Å². The second kappa shape index (κ2) is 7.19. The molecule has 1 fully saturated rings. The lowest BCUT2D eigenvalue weighted by Crippen LogP contribution is -2.26. The zero-order valence-electron chi connectivity index (χ0n) is 12.6. The predicted octanol–water partition coefficient (Wildman–Crippen LogP) is 2.95. The van der Waals surface area contributed by atoms with Crippen LogP contribution in [-0.2, 0) is 16.1 Å². The average molecular weight is 315 g/mol. The molecule has 0 bridgehead atoms. The lowest BCUT2D eigenvalue weighted by atomic mass is 10.2. The minimum atomic E-state index is -0.367. The van der Waals surface area contributed by atoms with Gasteiger partial charge in [0.2, 0.25) is 0 Å². The molecule has 1 amide bonds. The van der Waals surface area contributed by atoms with Crippen LogP contribution in [0, 0.1) is 5.82 Å². The van der Waals surface area contributed by atoms with Gasteiger partial charge in [-0.3, -0.25) is 4.79 Å². The van der Waals surface area contributed by atoms with Crippen LogP contribution in [0.25, 0.3) is 0 Å². The quantitative estimate of drug-likeness (QED) is 0.890. The van der Waals surface area contributed by atoms with Crippen molar-refractivity contribution in [3.63, 3.8) is 0 Å². The molecule has 1 atom stereocenters. The summed E-state index contributed by atoms with van der Waals surface area (Å²) in [5.74, 6) is 0.222. The molecule has 2 aromatic rings. The van der Waals surface area contributed by atoms with Crippen molar-refractivity contribution in [1.82, 2.24) is 4.98 Å². The third kappa shape index (κ3) is 4.04. The van der Waals surface area contributed by atoms with E-state index in [0.717, 1.165) is 12.8 Å². The Kier molecular flexibility index (Phi) is 4.83. The molecule has 1 saturated heterocycles. The zero-order valence-corrected chi connectivity index (χ0v) is 12.6. The molecule has 1 aliphatic heterocycles. The normalized spacial score (nSPS) is 17.0. The number of anilines is 2. The third-order valence-electron chi connectivity index (χ3n) is 3.67. The highest BCUT2D eigenvalue weighted by Gasteiger charge is 2.23. The number of ether oxygens (including phenoxy) is 1. The summed E-state index contributed by atoms with van der Waals surface area (Å²) in [6.07, 6.45) is 2.86. The summed E-state index contributed by atoms with van der Waals surface area (Å²) in [7, 11) is 0. The second-order valence-electron chi connectivity index (χ2n) is 5.37. The standard InChI is InChI=1S/C17H18FN3O2/c18-14-5-2-1-4-12(14)10-19-16-8-7-13(11-20-16)21-17(22)15-6-3-9-23-15/h1-2,4-5,7-8,11,15H,3,6,9-10H2,(H,19,20)(H,21,22). The van der Waals surface area contributed by atoms with Gasteiger partial charge in [-0.15, -0.1) is 0 Å². The van der Waals surface area contributed by atoms with Crippen molar-refractivity contribution in [3.05, 3.63) is 54.0 Å². The maximum Gasteiger partial charge on any atom is 0.253 e. The number of amides is 1. The van der Waals surface area contributed by atoms with Gasteiger partial charge >= 0.3 is 0 Å². The first-order chi connectivity index (χ1) is 11.2. The minimum absolute atomic E-state index is 0.142. The molecule has 1 unspecified atom stereocenters. The van der Waals surface area contributed by atoms with Crippen molar-refractivity contribution in [1.29, 1.82) is 0 Å². The van der Waals surface area contributed by atoms with E-state index in [4.69, 9.17) is 4.74 Å². The Bertz CT molecular complexity index is 670. The molecule has 1 aliphatic rings. The summed E-state index contributed by atoms with van der Waals surface area (Å²) in [5.41, 5.74) is 1.19. The van der Waals surface area contributed by atoms with E-state index in [-0.39, 0.29) is 17.8 Å². The Hall–Kier alpha value is -2.47. The van der Waals surface area contributed by atoms with Gasteiger partial charge in [-0.1, -0.05) is 18.2 Å². The van der Waals surface area contributed by atoms with Gasteiger partial charge in [0.05, 0.1) is 11.9 Å². The van der Waals surface area contributed by atoms with E-state index in [2.05, 4.69) is 15.6 Å². The zero-order chi connectivity index (χ0) is 16.1. The number of hydrogen-bond donors (Lipinski definition) is 2. The van der Waals surface area contributed by atoms with Crippen molar-refractivity contribution >= 4 is 17.4 Å². The number of carbonyl (C=O) groups is 1. The highest BCUT2D eigenvalue weighted by molar-refractivity contribution is 5.94. The topological polar surface area (TPSA) is 63.2 Å². The molecule has 23 heavy (non-hydrogen) atoms. The summed E-state index contributed by atoms with van der Waals surface area (Å²) in [6.45, 7) is 0.983. The van der Waals surface area contributed by atoms with Crippen LogP contribution in [0.5, 0.6) is 0 Å². The summed E-state index contributed by atoms with van der Waals surface area (Å²) in [5, 5.41) is 5.83. The van der Waals surface area contributed by atoms with Gasteiger partial charge in [0, 0.05) is 18.7 Å². The molecule has 6 heteroatoms. The van der Waals surface area contributed by atoms with Crippen LogP contribution in [0.4, 0.5) is 15.9 Å². The predicted molar refractivity (Wildman–Crippen MR) is 85.6 cm³/mol. The van der Waals surface area contributed by atoms with Crippen molar-refractivity contribution in [2.24, 2.45) is 0 Å². The van der Waals surface area contributed by atoms with Crippen LogP contribution in [-0.4, -0.2) is 23.6 Å². The van der Waals surface area contributed by atoms with E-state index in [0.29, 0.717) is 30.2 Å². The molecule has 0 aliphatic carbocycles. The Labute approximate surface area is 133 Å². The summed E-state index contributed by atoms with van der Waals surface area (Å²) < 4.78 is 18.9. The Morgan fingerprint density at radius 3 is 2.87 bits per heavy atom. The van der Waals surface area contributed by atoms with Crippen molar-refractivity contribution < 1.29 is 13.9 Å². The van der Waals surface area contributed by atoms with Gasteiger partial charge in [-0.25, -0.2) is 9.37 Å². The number of hydrogen-bond acceptors (Lipinski definition) is 4. The average Bonchev–Trinajstić information content (AvgIpc) is 3.10. The van der Waals surface area contributed by atoms with Gasteiger partial charge in [0.25, 0.3) is 5.91 Å². The third-order valence-corrected chi connectivity index (χ3v) is 3.67. The monoisotopic (exact) mass is 315 g/mol. The first-order valence-electron chi connectivity index (χ1n) is 7.58. The summed E-state index contributed by atoms with van der Waals surface area (Å²) in [4.78, 5) is 16.1. The molecule has 0 radical (unpaired) electrons. The molecule has 120 valence electrons. The van der Waals surface area contributed by atoms with Crippen molar-refractivity contribution in [2.45, 2.75) is 25.5 Å². The van der Waals surface area contributed by atoms with Crippen LogP contribution in [0.3, 0.4) is 0 Å². The summed E-state index contributed by atoms with van der Waals surface area (Å²) in [6, 6.07) is 10.1. The van der Waals surface area contributed by atoms with Crippen LogP contribution in [0.2, 0.25) is 0 Å². The smallest absolute Gasteiger partial charge is 0.253 e. The number of aromatic nitrogens is 1. The number of benzene rings is 1. The molecule has 2 heterocycles. The molecule has 2 N–H and O–H groups in total. The van der Waals surface area contributed by atoms with E-state index < -0.39 is 0 Å². The van der Waals surface area contributed by atoms with E-state index in [1.807, 2.05) is 0 Å². The molecule has 0 spiro atoms. The first-order valence-corrected chi connectivity index (χ1v) is 7.58. The molecule has 0 saturated carbocycles. The molecular weight excluding hydrogens is 297 g/mol. The fourth-order valence-electron chi connectivity index (χ4n) is 2.41. The van der Waals surface area contributed by atoms with Crippen LogP contribution >= 0.6 is 0 Å². The summed E-state index contributed by atoms with van der Waals surface area (Å²) >= 11 is 0. The number of nitrogens with one attached hydrogen (secondary N) is 2. The molecule has 1 aromatic carbocycles. The van der Waals surface area contributed by atoms with Gasteiger partial charge in [0.1, 0.15) is 17.7 Å². The first kappa shape index (κ1) is 15.4. The van der Waals surface area contributed by atoms with Crippen molar-refractivity contribution in [2.75, 3.05) is 17.2 Å². The lowest BCUT2D eigenvalue weighted by molar-refractivity contribution is -0.124. The van der Waals surface area contributed by atoms with Gasteiger partial charge < -0.3 is 15.4 Å². The fraction of sp³-hybridized carbons (Fsp3) is 0.294. The van der Waals surface area contributed by atoms with E-state index in [1.165, 1.54) is 6.07 Å². The van der Waals surface area contributed by atoms with E-state index in [1.54, 1.807) is 36.5 Å². The highest BCUT2D eigenvalue weighted by Crippen LogP contribution is 2.16. The molecule has 3 rings (SSSR count). The molecule has 5 nitrogen and oxygen atoms in total. The highest BCUT2D eigenvalue weighted by atomic mass is 19.1. The van der Waals surface area contributed by atoms with E-state index >= 15 is 0 Å². The van der Waals surface area contributed by atoms with Crippen molar-refractivity contribution in [3.8, 4) is 0 Å². The minimum Gasteiger partial charge on any atom is -0.368 e. The van der Waals surface area contributed by atoms with Crippen LogP contribution in [0.1, 0.15) is 18.4 Å². The largest absolute Gasteiger partial charge is 0.368 e. The van der Waals surface area contributed by atoms with Crippen LogP contribution < -0.4 is 10.6 Å². The Morgan fingerprint density at radius 2 is 2.17 bits per heavy atom. The van der Waals surface area contributed by atoms with E-state index in [9.17, 15) is 9.18 Å². The number of halogens is 1. The number of pyridine rings is 1. The maximum absolute atomic E-state index is 13.5. The number of rotatable bonds is 5. The maximum atomic E-state index is 13.5. The Balaban J connectivity index is 1.54. The SMILES string of the molecule is O=C(Nc1ccc(NCc2ccccc2F)nc1)C1CCCO1. The van der Waals surface area contributed by atoms with Gasteiger partial charge in [0.15, 0.2) is 0 Å². The lowest BCUT2D eigenvalue weighted by Gasteiger charge is -2.11. The fourth-order valence-corrected chi connectivity index (χ4v) is 2.41. The van der Waals surface area contributed by atoms with Gasteiger partial charge in [-0.05, 0) is 31.0 Å². The van der Waals surface area contributed by atoms with Crippen LogP contribution in [0.15, 0.2) is 42.6 Å². The number of nitrogens with zero attached hydrogens (tertiary/aromatic N) is 1. The Morgan fingerprint density at radius 1 is 1.30 bits per heavy atom. The number of carbonyl (C=O) groups excluding carboxylic acids is 1. The molecule has 1 aromatic heterocycles. The second-order valence-corrected chi connectivity index (χ2v) is 5.37. The molecular formula is C17H18FN3O2.